The van der Waals surface area contributed by atoms with Crippen molar-refractivity contribution in [1.82, 2.24) is 14.7 Å². The average Bonchev–Trinajstić information content (AvgIpc) is 3.72. The number of hydrogen-bond acceptors (Lipinski definition) is 7. The van der Waals surface area contributed by atoms with E-state index in [0.29, 0.717) is 13.0 Å². The highest BCUT2D eigenvalue weighted by molar-refractivity contribution is 5.99. The number of allylic oxidation sites excluding steroid dienone is 1. The summed E-state index contributed by atoms with van der Waals surface area (Å²) < 4.78 is 12.8. The van der Waals surface area contributed by atoms with Gasteiger partial charge in [-0.3, -0.25) is 19.2 Å². The molecule has 4 aliphatic rings. The quantitative estimate of drug-likeness (QED) is 0.387. The van der Waals surface area contributed by atoms with Crippen molar-refractivity contribution in [2.75, 3.05) is 26.7 Å². The summed E-state index contributed by atoms with van der Waals surface area (Å²) in [5.74, 6) is -3.35. The zero-order chi connectivity index (χ0) is 32.4. The zero-order valence-electron chi connectivity index (χ0n) is 26.2. The van der Waals surface area contributed by atoms with E-state index in [2.05, 4.69) is 0 Å². The van der Waals surface area contributed by atoms with E-state index >= 15 is 0 Å². The first kappa shape index (κ1) is 31.7. The molecule has 4 aliphatic heterocycles. The Balaban J connectivity index is 1.42. The Labute approximate surface area is 269 Å². The minimum absolute atomic E-state index is 0.102. The van der Waals surface area contributed by atoms with Crippen molar-refractivity contribution in [2.24, 2.45) is 11.8 Å². The second-order valence-corrected chi connectivity index (χ2v) is 12.5. The predicted octanol–water partition coefficient (Wildman–Crippen LogP) is 3.03. The first-order valence-electron chi connectivity index (χ1n) is 16.0. The summed E-state index contributed by atoms with van der Waals surface area (Å²) in [7, 11) is 1.71. The zero-order valence-corrected chi connectivity index (χ0v) is 26.2. The topological polar surface area (TPSA) is 117 Å². The molecule has 3 amide bonds. The van der Waals surface area contributed by atoms with Gasteiger partial charge in [0.05, 0.1) is 18.1 Å². The summed E-state index contributed by atoms with van der Waals surface area (Å²) >= 11 is 0. The molecule has 2 saturated heterocycles. The van der Waals surface area contributed by atoms with Crippen LogP contribution in [0.25, 0.3) is 0 Å². The minimum Gasteiger partial charge on any atom is -0.455 e. The number of benzene rings is 2. The van der Waals surface area contributed by atoms with Crippen LogP contribution in [0.1, 0.15) is 43.4 Å². The monoisotopic (exact) mass is 627 g/mol. The molecule has 2 fully saturated rings. The molecule has 0 aliphatic carbocycles. The number of ether oxygens (including phenoxy) is 2. The number of esters is 1. The molecule has 6 rings (SSSR count). The second kappa shape index (κ2) is 13.2. The van der Waals surface area contributed by atoms with E-state index in [4.69, 9.17) is 9.47 Å². The number of rotatable bonds is 6. The average molecular weight is 628 g/mol. The van der Waals surface area contributed by atoms with Crippen LogP contribution < -0.4 is 0 Å². The molecule has 5 bridgehead atoms. The van der Waals surface area contributed by atoms with Crippen LogP contribution in [0, 0.1) is 11.8 Å². The Bertz CT molecular complexity index is 1510. The Hall–Kier alpha value is -4.28. The first-order chi connectivity index (χ1) is 22.3. The van der Waals surface area contributed by atoms with Crippen LogP contribution in [0.5, 0.6) is 0 Å². The highest BCUT2D eigenvalue weighted by atomic mass is 16.6. The van der Waals surface area contributed by atoms with Gasteiger partial charge >= 0.3 is 5.97 Å². The normalized spacial score (nSPS) is 32.2. The van der Waals surface area contributed by atoms with E-state index in [1.54, 1.807) is 29.0 Å². The standard InChI is InChI=1S/C36H41N3O7/c1-24-31(26-15-8-4-9-16-26)45-35(44)29-27-18-19-36(46-27)30(29)33(42)39(21-12-22-40)32(36)34(43)38(23-25-13-6-3-7-14-25)20-11-5-10-17-28(41)37(24)2/h3-9,11,13-16,18-19,24,27,29-32,40H,10,12,17,20-23H2,1-2H3/b11-5-/t24-,27+,29-,30-,31+,32+,36-/m0/s1. The lowest BCUT2D eigenvalue weighted by Gasteiger charge is -2.36. The summed E-state index contributed by atoms with van der Waals surface area (Å²) in [6.45, 7) is 2.37. The van der Waals surface area contributed by atoms with Gasteiger partial charge in [-0.2, -0.15) is 0 Å². The third kappa shape index (κ3) is 5.64. The van der Waals surface area contributed by atoms with Crippen molar-refractivity contribution in [3.8, 4) is 0 Å². The van der Waals surface area contributed by atoms with Gasteiger partial charge in [-0.15, -0.1) is 0 Å². The molecular formula is C36H41N3O7. The van der Waals surface area contributed by atoms with Crippen molar-refractivity contribution in [2.45, 2.75) is 62.6 Å². The summed E-state index contributed by atoms with van der Waals surface area (Å²) in [5, 5.41) is 9.70. The summed E-state index contributed by atoms with van der Waals surface area (Å²) in [4.78, 5) is 61.2. The number of fused-ring (bicyclic) bond motifs is 2. The summed E-state index contributed by atoms with van der Waals surface area (Å²) in [5.41, 5.74) is 0.287. The van der Waals surface area contributed by atoms with Crippen molar-refractivity contribution in [3.63, 3.8) is 0 Å². The largest absolute Gasteiger partial charge is 0.455 e. The van der Waals surface area contributed by atoms with Gasteiger partial charge in [0.25, 0.3) is 0 Å². The molecule has 0 radical (unpaired) electrons. The SMILES string of the molecule is C[C@H]1[C@H](c2ccccc2)OC(=O)[C@@H]2[C@H]3C(=O)N(CCCO)[C@H](C(=O)N(Cc4ccccc4)C/C=C\CCC(=O)N1C)[C@]31C=C[C@H]2O1. The van der Waals surface area contributed by atoms with Gasteiger partial charge in [0.15, 0.2) is 0 Å². The van der Waals surface area contributed by atoms with Crippen LogP contribution in [0.3, 0.4) is 0 Å². The molecular weight excluding hydrogens is 586 g/mol. The number of cyclic esters (lactones) is 1. The lowest BCUT2D eigenvalue weighted by atomic mass is 9.74. The third-order valence-electron chi connectivity index (χ3n) is 9.80. The molecule has 1 N–H and O–H groups in total. The number of hydrogen-bond donors (Lipinski definition) is 1. The van der Waals surface area contributed by atoms with Gasteiger partial charge in [0.2, 0.25) is 17.7 Å². The number of carbonyl (C=O) groups is 4. The van der Waals surface area contributed by atoms with E-state index in [9.17, 15) is 24.3 Å². The van der Waals surface area contributed by atoms with Crippen LogP contribution in [-0.4, -0.2) is 94.0 Å². The number of aliphatic hydroxyl groups excluding tert-OH is 1. The van der Waals surface area contributed by atoms with Gasteiger partial charge in [-0.25, -0.2) is 0 Å². The van der Waals surface area contributed by atoms with Gasteiger partial charge in [0.1, 0.15) is 23.7 Å². The van der Waals surface area contributed by atoms with Crippen molar-refractivity contribution in [1.29, 1.82) is 0 Å². The molecule has 242 valence electrons. The summed E-state index contributed by atoms with van der Waals surface area (Å²) in [6.07, 6.45) is 6.75. The van der Waals surface area contributed by atoms with Gasteiger partial charge in [0, 0.05) is 39.7 Å². The lowest BCUT2D eigenvalue weighted by molar-refractivity contribution is -0.164. The Kier molecular flexibility index (Phi) is 9.11. The maximum Gasteiger partial charge on any atom is 0.313 e. The van der Waals surface area contributed by atoms with Gasteiger partial charge in [-0.05, 0) is 30.9 Å². The number of carbonyl (C=O) groups excluding carboxylic acids is 4. The van der Waals surface area contributed by atoms with Crippen molar-refractivity contribution in [3.05, 3.63) is 96.1 Å². The smallest absolute Gasteiger partial charge is 0.313 e. The molecule has 10 nitrogen and oxygen atoms in total. The number of likely N-dealkylation sites (N-methyl/N-ethyl adjacent to an activating group) is 1. The maximum absolute atomic E-state index is 14.6. The highest BCUT2D eigenvalue weighted by Crippen LogP contribution is 2.56. The van der Waals surface area contributed by atoms with E-state index in [1.165, 1.54) is 4.90 Å². The highest BCUT2D eigenvalue weighted by Gasteiger charge is 2.73. The fourth-order valence-corrected chi connectivity index (χ4v) is 7.33. The van der Waals surface area contributed by atoms with Gasteiger partial charge < -0.3 is 29.3 Å². The molecule has 7 atom stereocenters. The molecule has 0 aromatic heterocycles. The Morgan fingerprint density at radius 2 is 1.67 bits per heavy atom. The van der Waals surface area contributed by atoms with Gasteiger partial charge in [-0.1, -0.05) is 85.0 Å². The Morgan fingerprint density at radius 1 is 0.957 bits per heavy atom. The molecule has 2 aromatic rings. The molecule has 0 unspecified atom stereocenters. The minimum atomic E-state index is -1.36. The van der Waals surface area contributed by atoms with E-state index in [-0.39, 0.29) is 50.3 Å². The number of nitrogens with zero attached hydrogens (tertiary/aromatic N) is 3. The fraction of sp³-hybridized carbons (Fsp3) is 0.444. The summed E-state index contributed by atoms with van der Waals surface area (Å²) in [6, 6.07) is 17.3. The predicted molar refractivity (Wildman–Crippen MR) is 169 cm³/mol. The fourth-order valence-electron chi connectivity index (χ4n) is 7.33. The van der Waals surface area contributed by atoms with E-state index in [1.807, 2.05) is 79.7 Å². The van der Waals surface area contributed by atoms with Crippen molar-refractivity contribution < 1.29 is 33.8 Å². The Morgan fingerprint density at radius 3 is 2.39 bits per heavy atom. The van der Waals surface area contributed by atoms with Crippen LogP contribution in [0.4, 0.5) is 0 Å². The number of aliphatic hydroxyl groups is 1. The third-order valence-corrected chi connectivity index (χ3v) is 9.80. The number of likely N-dealkylation sites (tertiary alicyclic amines) is 1. The van der Waals surface area contributed by atoms with Crippen LogP contribution >= 0.6 is 0 Å². The molecule has 2 aromatic carbocycles. The van der Waals surface area contributed by atoms with Crippen LogP contribution in [0.15, 0.2) is 85.0 Å². The molecule has 4 heterocycles. The number of amides is 3. The first-order valence-corrected chi connectivity index (χ1v) is 16.0. The van der Waals surface area contributed by atoms with Crippen LogP contribution in [-0.2, 0) is 35.2 Å². The maximum atomic E-state index is 14.6. The van der Waals surface area contributed by atoms with Crippen molar-refractivity contribution >= 4 is 23.7 Å². The molecule has 10 heteroatoms. The van der Waals surface area contributed by atoms with Crippen LogP contribution in [0.2, 0.25) is 0 Å². The molecule has 46 heavy (non-hydrogen) atoms. The molecule has 0 saturated carbocycles. The van der Waals surface area contributed by atoms with E-state index in [0.717, 1.165) is 11.1 Å². The van der Waals surface area contributed by atoms with E-state index < -0.39 is 47.7 Å². The molecule has 1 spiro atoms. The second-order valence-electron chi connectivity index (χ2n) is 12.5. The lowest BCUT2D eigenvalue weighted by Crippen LogP contribution is -2.55.